The number of aliphatic hydroxyl groups is 1. The molecule has 0 fully saturated rings. The van der Waals surface area contributed by atoms with Gasteiger partial charge in [-0.15, -0.1) is 0 Å². The van der Waals surface area contributed by atoms with Gasteiger partial charge in [0.15, 0.2) is 0 Å². The minimum Gasteiger partial charge on any atom is -0.373 e. The molecule has 2 N–H and O–H groups in total. The molecule has 2 unspecified atom stereocenters. The van der Waals surface area contributed by atoms with Gasteiger partial charge in [-0.25, -0.2) is 5.43 Å². The van der Waals surface area contributed by atoms with Gasteiger partial charge in [-0.05, 0) is 35.7 Å². The fourth-order valence-corrected chi connectivity index (χ4v) is 4.08. The van der Waals surface area contributed by atoms with E-state index in [1.165, 1.54) is 11.1 Å². The molecule has 0 saturated heterocycles. The largest absolute Gasteiger partial charge is 0.399 e. The van der Waals surface area contributed by atoms with Crippen LogP contribution in [0.25, 0.3) is 6.08 Å². The Morgan fingerprint density at radius 3 is 2.31 bits per heavy atom. The molecule has 2 atom stereocenters. The monoisotopic (exact) mass is 588 g/mol. The summed E-state index contributed by atoms with van der Waals surface area (Å²) in [5.74, 6) is -1.94. The summed E-state index contributed by atoms with van der Waals surface area (Å²) in [7, 11) is 1.69. The summed E-state index contributed by atoms with van der Waals surface area (Å²) >= 11 is 26.2. The lowest BCUT2D eigenvalue weighted by Crippen LogP contribution is -2.40. The Labute approximate surface area is 213 Å². The molecule has 0 aliphatic carbocycles. The first kappa shape index (κ1) is 27.4. The van der Waals surface area contributed by atoms with Gasteiger partial charge in [0, 0.05) is 17.1 Å². The molecule has 2 rings (SSSR count). The lowest BCUT2D eigenvalue weighted by molar-refractivity contribution is -0.139. The average molecular weight is 591 g/mol. The number of hydrogen-bond acceptors (Lipinski definition) is 3. The SMILES string of the molecule is CCC(=S)N(C)NC(O)c1ccc(/C=C/C(c2cc(Cl)c(Cl)c(Cl)c2)C(F)(F)F)cc1Br. The van der Waals surface area contributed by atoms with Crippen molar-refractivity contribution in [3.05, 3.63) is 72.6 Å². The Morgan fingerprint density at radius 1 is 1.22 bits per heavy atom. The Kier molecular flexibility index (Phi) is 9.85. The van der Waals surface area contributed by atoms with E-state index in [0.29, 0.717) is 27.0 Å². The van der Waals surface area contributed by atoms with Gasteiger partial charge in [-0.2, -0.15) is 13.2 Å². The molecule has 0 radical (unpaired) electrons. The van der Waals surface area contributed by atoms with E-state index < -0.39 is 18.3 Å². The quantitative estimate of drug-likeness (QED) is 0.149. The Hall–Kier alpha value is -0.870. The first-order valence-electron chi connectivity index (χ1n) is 9.24. The number of hydrazine groups is 1. The number of alkyl halides is 3. The van der Waals surface area contributed by atoms with Crippen molar-refractivity contribution < 1.29 is 18.3 Å². The first-order chi connectivity index (χ1) is 14.8. The molecule has 0 amide bonds. The molecule has 0 aliphatic rings. The van der Waals surface area contributed by atoms with Crippen molar-refractivity contribution in [2.75, 3.05) is 7.05 Å². The second-order valence-electron chi connectivity index (χ2n) is 6.80. The number of thiocarbonyl (C=S) groups is 1. The summed E-state index contributed by atoms with van der Waals surface area (Å²) < 4.78 is 41.6. The summed E-state index contributed by atoms with van der Waals surface area (Å²) in [5, 5.41) is 11.8. The summed E-state index contributed by atoms with van der Waals surface area (Å²) in [5.41, 5.74) is 3.69. The molecule has 0 saturated carbocycles. The third kappa shape index (κ3) is 7.06. The van der Waals surface area contributed by atoms with Crippen LogP contribution in [0, 0.1) is 0 Å². The van der Waals surface area contributed by atoms with Crippen LogP contribution < -0.4 is 5.43 Å². The topological polar surface area (TPSA) is 35.5 Å². The lowest BCUT2D eigenvalue weighted by Gasteiger charge is -2.25. The minimum absolute atomic E-state index is 0.000909. The third-order valence-corrected chi connectivity index (χ3v) is 6.96. The van der Waals surface area contributed by atoms with Crippen molar-refractivity contribution in [2.45, 2.75) is 31.7 Å². The number of hydrogen-bond donors (Lipinski definition) is 2. The van der Waals surface area contributed by atoms with Crippen LogP contribution in [-0.2, 0) is 0 Å². The third-order valence-electron chi connectivity index (χ3n) is 4.51. The molecular weight excluding hydrogens is 572 g/mol. The van der Waals surface area contributed by atoms with E-state index in [4.69, 9.17) is 47.0 Å². The second-order valence-corrected chi connectivity index (χ2v) is 9.31. The summed E-state index contributed by atoms with van der Waals surface area (Å²) in [6, 6.07) is 7.09. The molecule has 2 aromatic carbocycles. The van der Waals surface area contributed by atoms with Crippen molar-refractivity contribution in [1.29, 1.82) is 0 Å². The van der Waals surface area contributed by atoms with E-state index in [9.17, 15) is 18.3 Å². The molecule has 3 nitrogen and oxygen atoms in total. The van der Waals surface area contributed by atoms with Crippen LogP contribution in [0.1, 0.15) is 42.2 Å². The summed E-state index contributed by atoms with van der Waals surface area (Å²) in [6.45, 7) is 1.89. The second kappa shape index (κ2) is 11.5. The summed E-state index contributed by atoms with van der Waals surface area (Å²) in [4.78, 5) is 0.611. The van der Waals surface area contributed by atoms with E-state index in [1.54, 1.807) is 25.2 Å². The highest BCUT2D eigenvalue weighted by Gasteiger charge is 2.39. The van der Waals surface area contributed by atoms with E-state index in [-0.39, 0.29) is 20.6 Å². The molecule has 0 spiro atoms. The van der Waals surface area contributed by atoms with Gasteiger partial charge in [0.1, 0.15) is 6.23 Å². The number of aliphatic hydroxyl groups excluding tert-OH is 1. The molecule has 0 aliphatic heterocycles. The van der Waals surface area contributed by atoms with Crippen LogP contribution in [0.2, 0.25) is 15.1 Å². The van der Waals surface area contributed by atoms with Crippen LogP contribution in [0.3, 0.4) is 0 Å². The van der Waals surface area contributed by atoms with Crippen molar-refractivity contribution in [2.24, 2.45) is 0 Å². The summed E-state index contributed by atoms with van der Waals surface area (Å²) in [6.07, 6.45) is -2.67. The van der Waals surface area contributed by atoms with Crippen LogP contribution in [0.15, 0.2) is 40.9 Å². The molecule has 11 heteroatoms. The normalized spacial score (nSPS) is 13.9. The van der Waals surface area contributed by atoms with E-state index in [2.05, 4.69) is 21.4 Å². The molecule has 174 valence electrons. The number of nitrogens with zero attached hydrogens (tertiary/aromatic N) is 1. The van der Waals surface area contributed by atoms with Gasteiger partial charge in [-0.3, -0.25) is 0 Å². The van der Waals surface area contributed by atoms with E-state index in [1.807, 2.05) is 6.92 Å². The minimum atomic E-state index is -4.57. The van der Waals surface area contributed by atoms with Crippen LogP contribution >= 0.6 is 63.0 Å². The van der Waals surface area contributed by atoms with Crippen molar-refractivity contribution in [3.63, 3.8) is 0 Å². The van der Waals surface area contributed by atoms with Gasteiger partial charge in [0.2, 0.25) is 0 Å². The Morgan fingerprint density at radius 2 is 1.81 bits per heavy atom. The van der Waals surface area contributed by atoms with Gasteiger partial charge in [0.25, 0.3) is 0 Å². The zero-order valence-corrected chi connectivity index (χ0v) is 21.5. The number of allylic oxidation sites excluding steroid dienone is 1. The number of halogens is 7. The van der Waals surface area contributed by atoms with Crippen LogP contribution in [0.4, 0.5) is 13.2 Å². The highest BCUT2D eigenvalue weighted by molar-refractivity contribution is 9.10. The van der Waals surface area contributed by atoms with E-state index >= 15 is 0 Å². The van der Waals surface area contributed by atoms with Crippen LogP contribution in [-0.4, -0.2) is 28.3 Å². The van der Waals surface area contributed by atoms with Crippen LogP contribution in [0.5, 0.6) is 0 Å². The molecule has 0 aromatic heterocycles. The fourth-order valence-electron chi connectivity index (χ4n) is 2.80. The maximum absolute atomic E-state index is 13.7. The molecular formula is C21H19BrCl3F3N2OS. The predicted octanol–water partition coefficient (Wildman–Crippen LogP) is 7.93. The Balaban J connectivity index is 2.29. The van der Waals surface area contributed by atoms with Crippen molar-refractivity contribution in [1.82, 2.24) is 10.4 Å². The van der Waals surface area contributed by atoms with Gasteiger partial charge >= 0.3 is 6.18 Å². The number of rotatable bonds is 7. The predicted molar refractivity (Wildman–Crippen MR) is 132 cm³/mol. The maximum Gasteiger partial charge on any atom is 0.399 e. The highest BCUT2D eigenvalue weighted by Crippen LogP contribution is 2.41. The zero-order chi connectivity index (χ0) is 24.2. The van der Waals surface area contributed by atoms with Gasteiger partial charge in [-0.1, -0.05) is 94.2 Å². The van der Waals surface area contributed by atoms with Gasteiger partial charge < -0.3 is 10.1 Å². The van der Waals surface area contributed by atoms with Crippen molar-refractivity contribution in [3.8, 4) is 0 Å². The smallest absolute Gasteiger partial charge is 0.373 e. The maximum atomic E-state index is 13.7. The molecule has 0 heterocycles. The molecule has 2 aromatic rings. The van der Waals surface area contributed by atoms with Crippen molar-refractivity contribution >= 4 is 74.0 Å². The standard InChI is InChI=1S/C21H19BrCl3F3N2OS/c1-3-18(32)30(2)29-20(31)13-6-4-11(8-15(13)22)5-7-14(21(26,27)28)12-9-16(23)19(25)17(24)10-12/h4-10,14,20,29,31H,3H2,1-2H3/b7-5+. The Bertz CT molecular complexity index is 997. The molecule has 0 bridgehead atoms. The molecule has 32 heavy (non-hydrogen) atoms. The highest BCUT2D eigenvalue weighted by atomic mass is 79.9. The zero-order valence-electron chi connectivity index (χ0n) is 16.9. The first-order valence-corrected chi connectivity index (χ1v) is 11.6. The number of benzene rings is 2. The number of nitrogens with one attached hydrogen (secondary N) is 1. The average Bonchev–Trinajstić information content (AvgIpc) is 2.70. The fraction of sp³-hybridized carbons (Fsp3) is 0.286. The lowest BCUT2D eigenvalue weighted by atomic mass is 9.97. The van der Waals surface area contributed by atoms with E-state index in [0.717, 1.165) is 18.2 Å². The van der Waals surface area contributed by atoms with Gasteiger partial charge in [0.05, 0.1) is 26.0 Å².